The molecule has 0 saturated heterocycles. The first kappa shape index (κ1) is 22.2. The van der Waals surface area contributed by atoms with E-state index in [1.165, 1.54) is 43.7 Å². The highest BCUT2D eigenvalue weighted by Crippen LogP contribution is 2.38. The van der Waals surface area contributed by atoms with Crippen LogP contribution in [0.25, 0.3) is 22.0 Å². The van der Waals surface area contributed by atoms with E-state index in [0.29, 0.717) is 34.1 Å². The molecule has 0 aliphatic heterocycles. The van der Waals surface area contributed by atoms with Crippen LogP contribution < -0.4 is 14.2 Å². The molecule has 0 N–H and O–H groups in total. The van der Waals surface area contributed by atoms with Gasteiger partial charge in [0.15, 0.2) is 23.1 Å². The lowest BCUT2D eigenvalue weighted by atomic mass is 9.84. The van der Waals surface area contributed by atoms with Gasteiger partial charge in [0.25, 0.3) is 0 Å². The number of methoxy groups -OCH3 is 2. The fraction of sp³-hybridized carbons (Fsp3) is 0.276. The molecule has 4 nitrogen and oxygen atoms in total. The van der Waals surface area contributed by atoms with Gasteiger partial charge in [0.1, 0.15) is 5.75 Å². The molecule has 1 saturated carbocycles. The van der Waals surface area contributed by atoms with Gasteiger partial charge in [0.05, 0.1) is 19.7 Å². The molecule has 4 aromatic rings. The summed E-state index contributed by atoms with van der Waals surface area (Å²) >= 11 is 0. The van der Waals surface area contributed by atoms with Crippen LogP contribution >= 0.6 is 0 Å². The van der Waals surface area contributed by atoms with Gasteiger partial charge >= 0.3 is 0 Å². The van der Waals surface area contributed by atoms with Crippen LogP contribution in [-0.2, 0) is 0 Å². The number of pyridine rings is 1. The molecular weight excluding hydrogens is 429 g/mol. The quantitative estimate of drug-likeness (QED) is 0.295. The Balaban J connectivity index is 1.40. The second kappa shape index (κ2) is 9.72. The number of ether oxygens (including phenoxy) is 3. The molecule has 1 fully saturated rings. The Morgan fingerprint density at radius 2 is 1.44 bits per heavy atom. The van der Waals surface area contributed by atoms with E-state index >= 15 is 4.39 Å². The summed E-state index contributed by atoms with van der Waals surface area (Å²) in [6, 6.07) is 18.9. The van der Waals surface area contributed by atoms with Crippen LogP contribution in [0.2, 0.25) is 0 Å². The Labute approximate surface area is 199 Å². The number of hydrogen-bond acceptors (Lipinski definition) is 4. The van der Waals surface area contributed by atoms with Gasteiger partial charge in [-0.2, -0.15) is 0 Å². The Hall–Kier alpha value is -3.60. The van der Waals surface area contributed by atoms with E-state index in [4.69, 9.17) is 14.2 Å². The van der Waals surface area contributed by atoms with Gasteiger partial charge in [0, 0.05) is 17.6 Å². The van der Waals surface area contributed by atoms with Crippen molar-refractivity contribution in [1.82, 2.24) is 4.98 Å². The summed E-state index contributed by atoms with van der Waals surface area (Å²) in [7, 11) is 3.14. The van der Waals surface area contributed by atoms with Gasteiger partial charge in [-0.15, -0.1) is 0 Å². The zero-order chi connectivity index (χ0) is 23.5. The zero-order valence-corrected chi connectivity index (χ0v) is 19.5. The third-order valence-corrected chi connectivity index (χ3v) is 6.68. The molecule has 3 aromatic carbocycles. The first-order valence-electron chi connectivity index (χ1n) is 11.7. The summed E-state index contributed by atoms with van der Waals surface area (Å²) < 4.78 is 31.8. The number of halogens is 1. The SMILES string of the molecule is COc1cc2nccc(Oc3ccc(-c4ccc(C5CCCCC5)cc4)cc3F)c2cc1OC. The molecular formula is C29H28FNO3. The first-order valence-corrected chi connectivity index (χ1v) is 11.7. The van der Waals surface area contributed by atoms with Crippen molar-refractivity contribution in [3.63, 3.8) is 0 Å². The molecule has 0 amide bonds. The van der Waals surface area contributed by atoms with E-state index in [0.717, 1.165) is 11.1 Å². The summed E-state index contributed by atoms with van der Waals surface area (Å²) in [4.78, 5) is 4.38. The molecule has 1 heterocycles. The molecule has 0 spiro atoms. The van der Waals surface area contributed by atoms with Gasteiger partial charge < -0.3 is 14.2 Å². The van der Waals surface area contributed by atoms with E-state index in [1.54, 1.807) is 44.7 Å². The number of rotatable bonds is 6. The second-order valence-electron chi connectivity index (χ2n) is 8.74. The molecule has 34 heavy (non-hydrogen) atoms. The number of benzene rings is 3. The van der Waals surface area contributed by atoms with Crippen molar-refractivity contribution >= 4 is 10.9 Å². The summed E-state index contributed by atoms with van der Waals surface area (Å²) in [5.74, 6) is 2.02. The Morgan fingerprint density at radius 3 is 2.15 bits per heavy atom. The van der Waals surface area contributed by atoms with Crippen LogP contribution in [0.4, 0.5) is 4.39 Å². The van der Waals surface area contributed by atoms with Crippen molar-refractivity contribution in [2.75, 3.05) is 14.2 Å². The van der Waals surface area contributed by atoms with Crippen molar-refractivity contribution in [1.29, 1.82) is 0 Å². The fourth-order valence-electron chi connectivity index (χ4n) is 4.80. The fourth-order valence-corrected chi connectivity index (χ4v) is 4.80. The van der Waals surface area contributed by atoms with Gasteiger partial charge in [-0.25, -0.2) is 4.39 Å². The van der Waals surface area contributed by atoms with Crippen LogP contribution in [0.3, 0.4) is 0 Å². The molecule has 5 rings (SSSR count). The standard InChI is InChI=1S/C29H28FNO3/c1-32-28-17-23-25(18-29(28)33-2)31-15-14-26(23)34-27-13-12-22(16-24(27)30)21-10-8-20(9-11-21)19-6-4-3-5-7-19/h8-19H,3-7H2,1-2H3. The minimum atomic E-state index is -0.417. The third kappa shape index (κ3) is 4.43. The minimum absolute atomic E-state index is 0.157. The predicted octanol–water partition coefficient (Wildman–Crippen LogP) is 7.90. The number of aromatic nitrogens is 1. The third-order valence-electron chi connectivity index (χ3n) is 6.68. The van der Waals surface area contributed by atoms with E-state index in [2.05, 4.69) is 29.2 Å². The number of fused-ring (bicyclic) bond motifs is 1. The lowest BCUT2D eigenvalue weighted by molar-refractivity contribution is 0.355. The molecule has 0 atom stereocenters. The minimum Gasteiger partial charge on any atom is -0.493 e. The maximum Gasteiger partial charge on any atom is 0.166 e. The Kier molecular flexibility index (Phi) is 6.35. The highest BCUT2D eigenvalue weighted by molar-refractivity contribution is 5.88. The van der Waals surface area contributed by atoms with Crippen molar-refractivity contribution < 1.29 is 18.6 Å². The number of hydrogen-bond donors (Lipinski definition) is 0. The average Bonchev–Trinajstić information content (AvgIpc) is 2.89. The van der Waals surface area contributed by atoms with E-state index in [-0.39, 0.29) is 5.75 Å². The van der Waals surface area contributed by atoms with Crippen LogP contribution in [0.5, 0.6) is 23.0 Å². The molecule has 1 aliphatic rings. The first-order chi connectivity index (χ1) is 16.7. The highest BCUT2D eigenvalue weighted by atomic mass is 19.1. The van der Waals surface area contributed by atoms with Crippen molar-refractivity contribution in [3.05, 3.63) is 78.2 Å². The maximum atomic E-state index is 15.1. The molecule has 0 unspecified atom stereocenters. The molecule has 0 radical (unpaired) electrons. The Bertz CT molecular complexity index is 1300. The van der Waals surface area contributed by atoms with Crippen LogP contribution in [0.1, 0.15) is 43.6 Å². The van der Waals surface area contributed by atoms with Crippen molar-refractivity contribution in [2.45, 2.75) is 38.0 Å². The second-order valence-corrected chi connectivity index (χ2v) is 8.74. The van der Waals surface area contributed by atoms with Crippen LogP contribution in [0, 0.1) is 5.82 Å². The van der Waals surface area contributed by atoms with Gasteiger partial charge in [0.2, 0.25) is 0 Å². The zero-order valence-electron chi connectivity index (χ0n) is 19.5. The molecule has 1 aromatic heterocycles. The predicted molar refractivity (Wildman–Crippen MR) is 133 cm³/mol. The number of nitrogens with zero attached hydrogens (tertiary/aromatic N) is 1. The molecule has 5 heteroatoms. The summed E-state index contributed by atoms with van der Waals surface area (Å²) in [6.07, 6.45) is 8.13. The largest absolute Gasteiger partial charge is 0.493 e. The van der Waals surface area contributed by atoms with Gasteiger partial charge in [-0.3, -0.25) is 4.98 Å². The molecule has 174 valence electrons. The highest BCUT2D eigenvalue weighted by Gasteiger charge is 2.16. The monoisotopic (exact) mass is 457 g/mol. The maximum absolute atomic E-state index is 15.1. The lowest BCUT2D eigenvalue weighted by Crippen LogP contribution is -2.04. The normalized spacial score (nSPS) is 14.2. The van der Waals surface area contributed by atoms with Crippen molar-refractivity contribution in [3.8, 4) is 34.1 Å². The topological polar surface area (TPSA) is 40.6 Å². The van der Waals surface area contributed by atoms with Crippen molar-refractivity contribution in [2.24, 2.45) is 0 Å². The lowest BCUT2D eigenvalue weighted by Gasteiger charge is -2.22. The van der Waals surface area contributed by atoms with E-state index in [1.807, 2.05) is 6.07 Å². The summed E-state index contributed by atoms with van der Waals surface area (Å²) in [5.41, 5.74) is 3.88. The van der Waals surface area contributed by atoms with Gasteiger partial charge in [-0.05, 0) is 59.7 Å². The van der Waals surface area contributed by atoms with E-state index in [9.17, 15) is 0 Å². The van der Waals surface area contributed by atoms with E-state index < -0.39 is 5.82 Å². The smallest absolute Gasteiger partial charge is 0.166 e. The van der Waals surface area contributed by atoms with Crippen LogP contribution in [-0.4, -0.2) is 19.2 Å². The average molecular weight is 458 g/mol. The molecule has 0 bridgehead atoms. The molecule has 1 aliphatic carbocycles. The summed E-state index contributed by atoms with van der Waals surface area (Å²) in [5, 5.41) is 0.710. The summed E-state index contributed by atoms with van der Waals surface area (Å²) in [6.45, 7) is 0. The van der Waals surface area contributed by atoms with Crippen LogP contribution in [0.15, 0.2) is 66.9 Å². The van der Waals surface area contributed by atoms with Gasteiger partial charge in [-0.1, -0.05) is 49.6 Å². The Morgan fingerprint density at radius 1 is 0.735 bits per heavy atom.